The molecule has 5 aromatic rings. The standard InChI is InChI=1S/C48H60FN9O7/c1-26(2)40(54-46(61)63-5)44(59)56-16-7-9-36(56)42-50-21-33(52-42)28-11-13-35-30(17-28)18-37-32-12-10-29(19-39(32)65-25-48(14-8-15-48)24-58(35)37)34-22-51-43(53-34)38-20-31(49)23-57(38)45(60)41(27(3)4)55-47(62)64-6/h10-13,17-19,21-22,26-27,31,36,38,40-41,46,54,61H,7-9,14-16,20,23-25H2,1-6H3,(H,50,52)(H,51,53)(H,55,62)/t31-,36?,38?,40?,41?,46?/m0/s1. The van der Waals surface area contributed by atoms with Crippen molar-refractivity contribution in [1.29, 1.82) is 0 Å². The first-order chi connectivity index (χ1) is 31.3. The zero-order valence-corrected chi connectivity index (χ0v) is 37.9. The predicted octanol–water partition coefficient (Wildman–Crippen LogP) is 6.84. The summed E-state index contributed by atoms with van der Waals surface area (Å²) in [7, 11) is 2.63. The second-order valence-corrected chi connectivity index (χ2v) is 19.0. The number of nitrogens with one attached hydrogen (secondary N) is 4. The van der Waals surface area contributed by atoms with Crippen molar-refractivity contribution in [3.05, 3.63) is 66.5 Å². The highest BCUT2D eigenvalue weighted by Gasteiger charge is 2.43. The van der Waals surface area contributed by atoms with Gasteiger partial charge in [0.25, 0.3) is 0 Å². The van der Waals surface area contributed by atoms with Crippen LogP contribution in [0.25, 0.3) is 44.7 Å². The average Bonchev–Trinajstić information content (AvgIpc) is 4.14. The fourth-order valence-corrected chi connectivity index (χ4v) is 10.2. The zero-order valence-electron chi connectivity index (χ0n) is 37.9. The molecule has 16 nitrogen and oxygen atoms in total. The maximum atomic E-state index is 15.0. The highest BCUT2D eigenvalue weighted by atomic mass is 19.1. The molecule has 0 radical (unpaired) electrons. The lowest BCUT2D eigenvalue weighted by Crippen LogP contribution is -2.52. The molecular weight excluding hydrogens is 834 g/mol. The van der Waals surface area contributed by atoms with E-state index >= 15 is 4.39 Å². The van der Waals surface area contributed by atoms with Crippen LogP contribution in [0.2, 0.25) is 0 Å². The number of imidazole rings is 2. The molecular formula is C48H60FN9O7. The maximum Gasteiger partial charge on any atom is 0.407 e. The number of fused-ring (bicyclic) bond motifs is 5. The summed E-state index contributed by atoms with van der Waals surface area (Å²) in [6.45, 7) is 9.46. The number of ether oxygens (including phenoxy) is 3. The summed E-state index contributed by atoms with van der Waals surface area (Å²) in [4.78, 5) is 59.4. The maximum absolute atomic E-state index is 15.0. The lowest BCUT2D eigenvalue weighted by Gasteiger charge is -2.43. The smallest absolute Gasteiger partial charge is 0.407 e. The van der Waals surface area contributed by atoms with Crippen LogP contribution in [0, 0.1) is 17.3 Å². The Bertz CT molecular complexity index is 2560. The number of likely N-dealkylation sites (tertiary alicyclic amines) is 2. The molecule has 0 bridgehead atoms. The van der Waals surface area contributed by atoms with Gasteiger partial charge in [-0.15, -0.1) is 0 Å². The van der Waals surface area contributed by atoms with E-state index in [0.717, 1.165) is 89.2 Å². The molecule has 6 atom stereocenters. The summed E-state index contributed by atoms with van der Waals surface area (Å²) in [6, 6.07) is 12.5. The van der Waals surface area contributed by atoms with Gasteiger partial charge in [0.2, 0.25) is 18.2 Å². The fraction of sp³-hybridized carbons (Fsp3) is 0.521. The third kappa shape index (κ3) is 8.49. The molecule has 346 valence electrons. The average molecular weight is 894 g/mol. The number of aromatic nitrogens is 5. The van der Waals surface area contributed by atoms with Crippen molar-refractivity contribution in [2.24, 2.45) is 17.3 Å². The molecule has 3 fully saturated rings. The Morgan fingerprint density at radius 2 is 1.57 bits per heavy atom. The van der Waals surface area contributed by atoms with Gasteiger partial charge in [0.15, 0.2) is 0 Å². The highest BCUT2D eigenvalue weighted by Crippen LogP contribution is 2.48. The number of methoxy groups -OCH3 is 2. The van der Waals surface area contributed by atoms with Crippen molar-refractivity contribution < 1.29 is 38.1 Å². The lowest BCUT2D eigenvalue weighted by molar-refractivity contribution is -0.145. The van der Waals surface area contributed by atoms with Gasteiger partial charge in [-0.25, -0.2) is 19.2 Å². The Hall–Kier alpha value is -5.78. The second kappa shape index (κ2) is 17.9. The van der Waals surface area contributed by atoms with Gasteiger partial charge >= 0.3 is 6.09 Å². The first-order valence-electron chi connectivity index (χ1n) is 22.8. The molecule has 3 aromatic heterocycles. The van der Waals surface area contributed by atoms with Crippen molar-refractivity contribution >= 4 is 28.8 Å². The van der Waals surface area contributed by atoms with E-state index in [0.29, 0.717) is 24.7 Å². The van der Waals surface area contributed by atoms with Gasteiger partial charge in [0.1, 0.15) is 29.6 Å². The molecule has 65 heavy (non-hydrogen) atoms. The van der Waals surface area contributed by atoms with Crippen molar-refractivity contribution in [3.8, 4) is 39.5 Å². The Balaban J connectivity index is 0.990. The van der Waals surface area contributed by atoms with Crippen molar-refractivity contribution in [1.82, 2.24) is 44.9 Å². The van der Waals surface area contributed by atoms with E-state index in [2.05, 4.69) is 60.5 Å². The van der Waals surface area contributed by atoms with Gasteiger partial charge in [-0.3, -0.25) is 14.9 Å². The lowest BCUT2D eigenvalue weighted by atomic mass is 9.69. The van der Waals surface area contributed by atoms with E-state index in [-0.39, 0.29) is 48.1 Å². The summed E-state index contributed by atoms with van der Waals surface area (Å²) < 4.78 is 34.0. The SMILES string of the molecule is COC(=O)NC(C(=O)N1C[C@@H](F)CC1c1ncc(-c2ccc3c(c2)OCC2(CCC2)Cn2c-3cc3cc(-c4cnc(C5CCCN5C(=O)C(NC(O)OC)C(C)C)[nH]4)ccc32)[nH]1)C(C)C. The molecule has 5 N–H and O–H groups in total. The van der Waals surface area contributed by atoms with E-state index in [1.807, 2.05) is 50.9 Å². The summed E-state index contributed by atoms with van der Waals surface area (Å²) in [5, 5.41) is 16.7. The molecule has 6 heterocycles. The number of aliphatic hydroxyl groups excluding tert-OH is 1. The number of aromatic amines is 2. The van der Waals surface area contributed by atoms with Crippen molar-refractivity contribution in [2.45, 2.75) is 110 Å². The van der Waals surface area contributed by atoms with E-state index in [1.165, 1.54) is 19.1 Å². The van der Waals surface area contributed by atoms with Crippen LogP contribution in [0.1, 0.15) is 90.0 Å². The molecule has 3 amide bonds. The van der Waals surface area contributed by atoms with Crippen LogP contribution < -0.4 is 15.4 Å². The Morgan fingerprint density at radius 1 is 0.892 bits per heavy atom. The Kier molecular flexibility index (Phi) is 12.2. The van der Waals surface area contributed by atoms with Gasteiger partial charge in [0, 0.05) is 59.6 Å². The topological polar surface area (TPSA) is 192 Å². The molecule has 2 saturated heterocycles. The van der Waals surface area contributed by atoms with Crippen molar-refractivity contribution in [2.75, 3.05) is 33.9 Å². The van der Waals surface area contributed by atoms with Crippen LogP contribution in [0.5, 0.6) is 5.75 Å². The minimum atomic E-state index is -1.24. The number of amides is 3. The van der Waals surface area contributed by atoms with Crippen LogP contribution in [0.3, 0.4) is 0 Å². The van der Waals surface area contributed by atoms with Gasteiger partial charge in [0.05, 0.1) is 67.9 Å². The molecule has 1 saturated carbocycles. The number of aliphatic hydroxyl groups is 1. The number of benzene rings is 2. The van der Waals surface area contributed by atoms with Gasteiger partial charge in [-0.05, 0) is 67.9 Å². The number of hydrogen-bond acceptors (Lipinski definition) is 10. The van der Waals surface area contributed by atoms with Gasteiger partial charge in [-0.1, -0.05) is 46.2 Å². The summed E-state index contributed by atoms with van der Waals surface area (Å²) >= 11 is 0. The van der Waals surface area contributed by atoms with Crippen LogP contribution in [0.4, 0.5) is 9.18 Å². The van der Waals surface area contributed by atoms with Gasteiger partial charge < -0.3 is 49.0 Å². The quantitative estimate of drug-likeness (QED) is 0.0829. The predicted molar refractivity (Wildman–Crippen MR) is 241 cm³/mol. The minimum absolute atomic E-state index is 0.000780. The first-order valence-corrected chi connectivity index (χ1v) is 22.8. The van der Waals surface area contributed by atoms with E-state index in [9.17, 15) is 19.5 Å². The number of halogens is 1. The van der Waals surface area contributed by atoms with E-state index < -0.39 is 36.8 Å². The summed E-state index contributed by atoms with van der Waals surface area (Å²) in [5.74, 6) is 1.17. The number of carbonyl (C=O) groups is 3. The van der Waals surface area contributed by atoms with Crippen LogP contribution in [-0.4, -0.2) is 116 Å². The number of rotatable bonds is 12. The molecule has 9 rings (SSSR count). The molecule has 1 spiro atoms. The molecule has 4 aliphatic rings. The summed E-state index contributed by atoms with van der Waals surface area (Å²) in [5.41, 5.74) is 6.56. The third-order valence-electron chi connectivity index (χ3n) is 14.0. The molecule has 1 aliphatic carbocycles. The van der Waals surface area contributed by atoms with Crippen LogP contribution in [0.15, 0.2) is 54.9 Å². The monoisotopic (exact) mass is 893 g/mol. The van der Waals surface area contributed by atoms with E-state index in [1.54, 1.807) is 6.20 Å². The Morgan fingerprint density at radius 3 is 2.23 bits per heavy atom. The van der Waals surface area contributed by atoms with E-state index in [4.69, 9.17) is 19.2 Å². The molecule has 5 unspecified atom stereocenters. The number of carbonyl (C=O) groups excluding carboxylic acids is 3. The highest BCUT2D eigenvalue weighted by molar-refractivity contribution is 5.92. The van der Waals surface area contributed by atoms with Gasteiger partial charge in [-0.2, -0.15) is 0 Å². The second-order valence-electron chi connectivity index (χ2n) is 19.0. The zero-order chi connectivity index (χ0) is 45.7. The van der Waals surface area contributed by atoms with Crippen molar-refractivity contribution in [3.63, 3.8) is 0 Å². The molecule has 2 aromatic carbocycles. The largest absolute Gasteiger partial charge is 0.492 e. The molecule has 3 aliphatic heterocycles. The third-order valence-corrected chi connectivity index (χ3v) is 14.0. The molecule has 17 heteroatoms. The minimum Gasteiger partial charge on any atom is -0.492 e. The number of alkyl halides is 1. The summed E-state index contributed by atoms with van der Waals surface area (Å²) in [6.07, 6.45) is 5.36. The number of nitrogens with zero attached hydrogens (tertiary/aromatic N) is 5. The number of alkyl carbamates (subject to hydrolysis) is 1. The first kappa shape index (κ1) is 44.4. The fourth-order valence-electron chi connectivity index (χ4n) is 10.2. The Labute approximate surface area is 377 Å². The van der Waals surface area contributed by atoms with Crippen LogP contribution in [-0.2, 0) is 25.6 Å². The number of hydrogen-bond donors (Lipinski definition) is 5. The van der Waals surface area contributed by atoms with Crippen LogP contribution >= 0.6 is 0 Å². The normalized spacial score (nSPS) is 21.7. The number of H-pyrrole nitrogens is 2.